The highest BCUT2D eigenvalue weighted by molar-refractivity contribution is 6.32. The molecule has 1 saturated heterocycles. The zero-order valence-electron chi connectivity index (χ0n) is 22.5. The van der Waals surface area contributed by atoms with Gasteiger partial charge in [0.15, 0.2) is 17.3 Å². The molecule has 4 aromatic rings. The summed E-state index contributed by atoms with van der Waals surface area (Å²) in [6, 6.07) is 25.8. The van der Waals surface area contributed by atoms with Crippen LogP contribution < -0.4 is 9.64 Å². The summed E-state index contributed by atoms with van der Waals surface area (Å²) < 4.78 is 5.41. The molecule has 0 radical (unpaired) electrons. The van der Waals surface area contributed by atoms with Crippen molar-refractivity contribution in [3.05, 3.63) is 135 Å². The zero-order valence-corrected chi connectivity index (χ0v) is 23.3. The second kappa shape index (κ2) is 9.28. The lowest BCUT2D eigenvalue weighted by atomic mass is 9.64. The van der Waals surface area contributed by atoms with Gasteiger partial charge in [-0.25, -0.2) is 0 Å². The number of nitrogens with zero attached hydrogens (tertiary/aromatic N) is 1. The molecule has 0 saturated carbocycles. The van der Waals surface area contributed by atoms with Gasteiger partial charge in [-0.05, 0) is 48.4 Å². The van der Waals surface area contributed by atoms with Crippen molar-refractivity contribution in [3.8, 4) is 5.75 Å². The summed E-state index contributed by atoms with van der Waals surface area (Å²) in [5.74, 6) is -0.788. The molecule has 5 nitrogen and oxygen atoms in total. The first-order chi connectivity index (χ1) is 19.9. The first kappa shape index (κ1) is 25.5. The van der Waals surface area contributed by atoms with E-state index >= 15 is 0 Å². The fourth-order valence-electron chi connectivity index (χ4n) is 7.02. The van der Waals surface area contributed by atoms with Gasteiger partial charge in [0.1, 0.15) is 17.2 Å². The largest absolute Gasteiger partial charge is 0.497 e. The van der Waals surface area contributed by atoms with E-state index in [2.05, 4.69) is 0 Å². The van der Waals surface area contributed by atoms with Gasteiger partial charge >= 0.3 is 0 Å². The fourth-order valence-corrected chi connectivity index (χ4v) is 7.20. The summed E-state index contributed by atoms with van der Waals surface area (Å²) in [7, 11) is 1.59. The highest BCUT2D eigenvalue weighted by Gasteiger charge is 2.71. The maximum Gasteiger partial charge on any atom is 0.185 e. The predicted molar refractivity (Wildman–Crippen MR) is 159 cm³/mol. The third kappa shape index (κ3) is 3.52. The van der Waals surface area contributed by atoms with Crippen molar-refractivity contribution < 1.29 is 19.1 Å². The third-order valence-electron chi connectivity index (χ3n) is 8.85. The van der Waals surface area contributed by atoms with Crippen LogP contribution in [-0.2, 0) is 0 Å². The number of aryl methyl sites for hydroxylation is 1. The molecule has 0 N–H and O–H groups in total. The molecule has 2 aliphatic heterocycles. The molecule has 4 aromatic carbocycles. The molecule has 0 bridgehead atoms. The van der Waals surface area contributed by atoms with Crippen LogP contribution in [0.3, 0.4) is 0 Å². The highest BCUT2D eigenvalue weighted by Crippen LogP contribution is 2.61. The van der Waals surface area contributed by atoms with Gasteiger partial charge in [-0.2, -0.15) is 0 Å². The number of fused-ring (bicyclic) bond motifs is 5. The summed E-state index contributed by atoms with van der Waals surface area (Å²) >= 11 is 6.37. The standard InChI is InChI=1S/C35H26ClNO4/c1-20-7-9-22(10-8-20)32(38)31-30(21-11-15-25(41-2)16-12-21)35(33(39)26-5-3-4-6-27(26)34(35)40)29-18-13-23-19-24(36)14-17-28(23)37(29)31/h3-19,29-31H,1-2H3. The molecule has 2 heterocycles. The van der Waals surface area contributed by atoms with Crippen molar-refractivity contribution in [2.75, 3.05) is 12.0 Å². The van der Waals surface area contributed by atoms with Crippen LogP contribution in [0, 0.1) is 12.3 Å². The number of ketones is 3. The van der Waals surface area contributed by atoms with Crippen LogP contribution in [0.25, 0.3) is 6.08 Å². The summed E-state index contributed by atoms with van der Waals surface area (Å²) in [6.07, 6.45) is 3.82. The lowest BCUT2D eigenvalue weighted by molar-refractivity contribution is 0.0666. The SMILES string of the molecule is COc1ccc(C2C(C(=O)c3ccc(C)cc3)N3c4ccc(Cl)cc4C=CC3C23C(=O)c2ccccc2C3=O)cc1. The fraction of sp³-hybridized carbons (Fsp3) is 0.171. The van der Waals surface area contributed by atoms with E-state index in [-0.39, 0.29) is 17.3 Å². The molecular formula is C35H26ClNO4. The number of rotatable bonds is 4. The Morgan fingerprint density at radius 3 is 2.17 bits per heavy atom. The highest BCUT2D eigenvalue weighted by atomic mass is 35.5. The number of hydrogen-bond donors (Lipinski definition) is 0. The number of halogens is 1. The minimum absolute atomic E-state index is 0.152. The number of carbonyl (C=O) groups excluding carboxylic acids is 3. The van der Waals surface area contributed by atoms with Crippen molar-refractivity contribution in [1.82, 2.24) is 0 Å². The van der Waals surface area contributed by atoms with Gasteiger partial charge in [-0.1, -0.05) is 90.0 Å². The molecule has 7 rings (SSSR count). The lowest BCUT2D eigenvalue weighted by Gasteiger charge is -2.37. The van der Waals surface area contributed by atoms with E-state index < -0.39 is 23.4 Å². The number of hydrogen-bond acceptors (Lipinski definition) is 5. The number of ether oxygens (including phenoxy) is 1. The number of benzene rings is 4. The maximum atomic E-state index is 14.7. The Balaban J connectivity index is 1.54. The number of anilines is 1. The first-order valence-corrected chi connectivity index (χ1v) is 13.9. The first-order valence-electron chi connectivity index (χ1n) is 13.6. The Morgan fingerprint density at radius 2 is 1.54 bits per heavy atom. The predicted octanol–water partition coefficient (Wildman–Crippen LogP) is 6.97. The van der Waals surface area contributed by atoms with Crippen LogP contribution in [0.4, 0.5) is 5.69 Å². The van der Waals surface area contributed by atoms with E-state index in [1.807, 2.05) is 84.6 Å². The molecule has 3 atom stereocenters. The molecule has 1 aliphatic carbocycles. The molecule has 202 valence electrons. The van der Waals surface area contributed by atoms with Crippen molar-refractivity contribution in [1.29, 1.82) is 0 Å². The van der Waals surface area contributed by atoms with Crippen molar-refractivity contribution >= 4 is 40.7 Å². The average Bonchev–Trinajstić information content (AvgIpc) is 3.43. The van der Waals surface area contributed by atoms with Gasteiger partial charge in [0.05, 0.1) is 13.2 Å². The number of methoxy groups -OCH3 is 1. The quantitative estimate of drug-likeness (QED) is 0.199. The van der Waals surface area contributed by atoms with E-state index in [4.69, 9.17) is 16.3 Å². The topological polar surface area (TPSA) is 63.7 Å². The van der Waals surface area contributed by atoms with Crippen LogP contribution >= 0.6 is 11.6 Å². The molecule has 1 spiro atoms. The van der Waals surface area contributed by atoms with E-state index in [0.717, 1.165) is 22.4 Å². The Hall–Kier alpha value is -4.48. The summed E-state index contributed by atoms with van der Waals surface area (Å²) in [4.78, 5) is 46.0. The van der Waals surface area contributed by atoms with Gasteiger partial charge in [0, 0.05) is 33.3 Å². The van der Waals surface area contributed by atoms with Gasteiger partial charge in [0.25, 0.3) is 0 Å². The summed E-state index contributed by atoms with van der Waals surface area (Å²) in [5, 5.41) is 0.564. The molecule has 6 heteroatoms. The van der Waals surface area contributed by atoms with Crippen LogP contribution in [0.15, 0.2) is 97.1 Å². The van der Waals surface area contributed by atoms with Crippen LogP contribution in [-0.4, -0.2) is 36.5 Å². The van der Waals surface area contributed by atoms with E-state index in [9.17, 15) is 14.4 Å². The molecule has 0 aromatic heterocycles. The molecule has 3 aliphatic rings. The number of carbonyl (C=O) groups is 3. The van der Waals surface area contributed by atoms with Crippen LogP contribution in [0.2, 0.25) is 5.02 Å². The van der Waals surface area contributed by atoms with Crippen molar-refractivity contribution in [3.63, 3.8) is 0 Å². The molecule has 3 unspecified atom stereocenters. The average molecular weight is 560 g/mol. The van der Waals surface area contributed by atoms with E-state index in [0.29, 0.717) is 27.5 Å². The van der Waals surface area contributed by atoms with E-state index in [1.54, 1.807) is 37.4 Å². The Morgan fingerprint density at radius 1 is 0.878 bits per heavy atom. The second-order valence-corrected chi connectivity index (χ2v) is 11.3. The third-order valence-corrected chi connectivity index (χ3v) is 9.08. The minimum atomic E-state index is -1.54. The molecule has 0 amide bonds. The van der Waals surface area contributed by atoms with Crippen molar-refractivity contribution in [2.45, 2.75) is 24.9 Å². The Kier molecular flexibility index (Phi) is 5.77. The molecule has 41 heavy (non-hydrogen) atoms. The van der Waals surface area contributed by atoms with Crippen LogP contribution in [0.5, 0.6) is 5.75 Å². The summed E-state index contributed by atoms with van der Waals surface area (Å²) in [6.45, 7) is 1.97. The lowest BCUT2D eigenvalue weighted by Crippen LogP contribution is -2.48. The molecular weight excluding hydrogens is 534 g/mol. The Bertz CT molecular complexity index is 1740. The zero-order chi connectivity index (χ0) is 28.5. The van der Waals surface area contributed by atoms with E-state index in [1.165, 1.54) is 0 Å². The Labute approximate surface area is 243 Å². The summed E-state index contributed by atoms with van der Waals surface area (Å²) in [5.41, 5.74) is 3.13. The second-order valence-electron chi connectivity index (χ2n) is 10.9. The van der Waals surface area contributed by atoms with Gasteiger partial charge < -0.3 is 9.64 Å². The minimum Gasteiger partial charge on any atom is -0.497 e. The maximum absolute atomic E-state index is 14.7. The van der Waals surface area contributed by atoms with Gasteiger partial charge in [0.2, 0.25) is 0 Å². The normalized spacial score (nSPS) is 21.5. The van der Waals surface area contributed by atoms with Crippen LogP contribution in [0.1, 0.15) is 53.7 Å². The monoisotopic (exact) mass is 559 g/mol. The smallest absolute Gasteiger partial charge is 0.185 e. The van der Waals surface area contributed by atoms with Crippen molar-refractivity contribution in [2.24, 2.45) is 5.41 Å². The number of Topliss-reactive ketones (excluding diaryl/α,β-unsaturated/α-hetero) is 3. The van der Waals surface area contributed by atoms with Gasteiger partial charge in [-0.15, -0.1) is 0 Å². The van der Waals surface area contributed by atoms with Gasteiger partial charge in [-0.3, -0.25) is 14.4 Å². The molecule has 1 fully saturated rings.